The molecule has 3 amide bonds. The summed E-state index contributed by atoms with van der Waals surface area (Å²) in [6.45, 7) is 1.49. The van der Waals surface area contributed by atoms with Crippen molar-refractivity contribution in [3.8, 4) is 5.88 Å². The number of aryl methyl sites for hydroxylation is 1. The summed E-state index contributed by atoms with van der Waals surface area (Å²) < 4.78 is 45.7. The van der Waals surface area contributed by atoms with Crippen molar-refractivity contribution < 1.29 is 27.5 Å². The van der Waals surface area contributed by atoms with Gasteiger partial charge in [0.2, 0.25) is 12.0 Å². The number of pyridine rings is 1. The molecule has 6 nitrogen and oxygen atoms in total. The average molecular weight is 464 g/mol. The predicted molar refractivity (Wildman–Crippen MR) is 113 cm³/mol. The van der Waals surface area contributed by atoms with Gasteiger partial charge in [0.15, 0.2) is 0 Å². The molecule has 0 bridgehead atoms. The number of nitrogens with zero attached hydrogens (tertiary/aromatic N) is 1. The molecule has 1 heterocycles. The summed E-state index contributed by atoms with van der Waals surface area (Å²) in [7, 11) is 0. The van der Waals surface area contributed by atoms with E-state index in [9.17, 15) is 22.8 Å². The molecular weight excluding hydrogens is 447 g/mol. The number of benzene rings is 2. The standard InChI is InChI=1S/C22H17ClF3N3O3/c1-13-10-17(28-21(31)29-19(30)15-8-5-9-16(23)11-15)12-27-20(13)32-18(22(24,25)26)14-6-3-2-4-7-14/h2-12,18H,1H3,(H2,28,29,30,31). The largest absolute Gasteiger partial charge is 0.460 e. The number of carbonyl (C=O) groups is 2. The number of hydrogen-bond donors (Lipinski definition) is 2. The van der Waals surface area contributed by atoms with Gasteiger partial charge in [0, 0.05) is 21.7 Å². The van der Waals surface area contributed by atoms with Gasteiger partial charge in [-0.25, -0.2) is 9.78 Å². The Balaban J connectivity index is 1.69. The molecule has 1 atom stereocenters. The van der Waals surface area contributed by atoms with Crippen molar-refractivity contribution in [1.82, 2.24) is 10.3 Å². The third kappa shape index (κ3) is 5.98. The zero-order chi connectivity index (χ0) is 23.3. The lowest BCUT2D eigenvalue weighted by atomic mass is 10.1. The Hall–Kier alpha value is -3.59. The number of imide groups is 1. The van der Waals surface area contributed by atoms with Crippen molar-refractivity contribution in [2.45, 2.75) is 19.2 Å². The molecular formula is C22H17ClF3N3O3. The van der Waals surface area contributed by atoms with E-state index in [1.807, 2.05) is 0 Å². The van der Waals surface area contributed by atoms with Gasteiger partial charge in [0.25, 0.3) is 5.91 Å². The summed E-state index contributed by atoms with van der Waals surface area (Å²) in [6, 6.07) is 13.7. The van der Waals surface area contributed by atoms with Crippen molar-refractivity contribution in [1.29, 1.82) is 0 Å². The number of carbonyl (C=O) groups excluding carboxylic acids is 2. The van der Waals surface area contributed by atoms with Crippen molar-refractivity contribution >= 4 is 29.2 Å². The second kappa shape index (κ2) is 9.69. The van der Waals surface area contributed by atoms with E-state index in [2.05, 4.69) is 15.6 Å². The van der Waals surface area contributed by atoms with E-state index in [-0.39, 0.29) is 28.3 Å². The molecule has 0 aliphatic heterocycles. The predicted octanol–water partition coefficient (Wildman–Crippen LogP) is 5.69. The molecule has 3 rings (SSSR count). The number of amides is 3. The maximum absolute atomic E-state index is 13.5. The molecule has 0 saturated heterocycles. The SMILES string of the molecule is Cc1cc(NC(=O)NC(=O)c2cccc(Cl)c2)cnc1OC(c1ccccc1)C(F)(F)F. The number of aromatic nitrogens is 1. The molecule has 2 aromatic carbocycles. The highest BCUT2D eigenvalue weighted by atomic mass is 35.5. The number of halogens is 4. The first-order chi connectivity index (χ1) is 15.1. The second-order valence-corrected chi connectivity index (χ2v) is 7.15. The van der Waals surface area contributed by atoms with Crippen molar-refractivity contribution in [2.24, 2.45) is 0 Å². The Kier molecular flexibility index (Phi) is 6.99. The molecule has 3 aromatic rings. The van der Waals surface area contributed by atoms with Crippen LogP contribution in [0, 0.1) is 6.92 Å². The van der Waals surface area contributed by atoms with Gasteiger partial charge in [-0.3, -0.25) is 10.1 Å². The van der Waals surface area contributed by atoms with Gasteiger partial charge in [-0.15, -0.1) is 0 Å². The van der Waals surface area contributed by atoms with Gasteiger partial charge in [-0.1, -0.05) is 48.0 Å². The smallest absolute Gasteiger partial charge is 0.429 e. The number of ether oxygens (including phenoxy) is 1. The summed E-state index contributed by atoms with van der Waals surface area (Å²) in [5.74, 6) is -0.914. The third-order valence-corrected chi connectivity index (χ3v) is 4.47. The first-order valence-electron chi connectivity index (χ1n) is 9.26. The lowest BCUT2D eigenvalue weighted by Gasteiger charge is -2.22. The lowest BCUT2D eigenvalue weighted by Crippen LogP contribution is -2.34. The van der Waals surface area contributed by atoms with E-state index in [4.69, 9.17) is 16.3 Å². The van der Waals surface area contributed by atoms with Crippen LogP contribution in [0.25, 0.3) is 0 Å². The molecule has 1 unspecified atom stereocenters. The highest BCUT2D eigenvalue weighted by molar-refractivity contribution is 6.31. The van der Waals surface area contributed by atoms with Crippen LogP contribution in [0.3, 0.4) is 0 Å². The minimum Gasteiger partial charge on any atom is -0.460 e. The minimum atomic E-state index is -4.66. The normalized spacial score (nSPS) is 12.0. The van der Waals surface area contributed by atoms with Gasteiger partial charge in [0.05, 0.1) is 11.9 Å². The molecule has 0 aliphatic rings. The summed E-state index contributed by atoms with van der Waals surface area (Å²) in [5, 5.41) is 4.85. The first-order valence-corrected chi connectivity index (χ1v) is 9.64. The second-order valence-electron chi connectivity index (χ2n) is 6.71. The van der Waals surface area contributed by atoms with Gasteiger partial charge in [-0.05, 0) is 31.2 Å². The molecule has 10 heteroatoms. The van der Waals surface area contributed by atoms with E-state index >= 15 is 0 Å². The fraction of sp³-hybridized carbons (Fsp3) is 0.136. The van der Waals surface area contributed by atoms with Crippen LogP contribution in [0.1, 0.15) is 27.6 Å². The number of rotatable bonds is 5. The fourth-order valence-corrected chi connectivity index (χ4v) is 2.97. The lowest BCUT2D eigenvalue weighted by molar-refractivity contribution is -0.198. The highest BCUT2D eigenvalue weighted by Gasteiger charge is 2.43. The Bertz CT molecular complexity index is 1120. The Morgan fingerprint density at radius 3 is 2.41 bits per heavy atom. The van der Waals surface area contributed by atoms with E-state index < -0.39 is 24.2 Å². The number of hydrogen-bond acceptors (Lipinski definition) is 4. The van der Waals surface area contributed by atoms with Gasteiger partial charge in [-0.2, -0.15) is 13.2 Å². The fourth-order valence-electron chi connectivity index (χ4n) is 2.78. The summed E-state index contributed by atoms with van der Waals surface area (Å²) >= 11 is 5.82. The quantitative estimate of drug-likeness (QED) is 0.509. The van der Waals surface area contributed by atoms with E-state index in [0.29, 0.717) is 5.02 Å². The molecule has 0 radical (unpaired) electrons. The van der Waals surface area contributed by atoms with Crippen LogP contribution in [0.5, 0.6) is 5.88 Å². The number of alkyl halides is 3. The van der Waals surface area contributed by atoms with Gasteiger partial charge < -0.3 is 10.1 Å². The monoisotopic (exact) mass is 463 g/mol. The Morgan fingerprint density at radius 1 is 1.06 bits per heavy atom. The molecule has 32 heavy (non-hydrogen) atoms. The van der Waals surface area contributed by atoms with Crippen LogP contribution in [-0.4, -0.2) is 23.1 Å². The minimum absolute atomic E-state index is 0.0673. The van der Waals surface area contributed by atoms with Crippen molar-refractivity contribution in [2.75, 3.05) is 5.32 Å². The number of anilines is 1. The van der Waals surface area contributed by atoms with Crippen LogP contribution < -0.4 is 15.4 Å². The Labute approximate surface area is 186 Å². The van der Waals surface area contributed by atoms with Crippen molar-refractivity contribution in [3.05, 3.63) is 88.6 Å². The first kappa shape index (κ1) is 23.1. The third-order valence-electron chi connectivity index (χ3n) is 4.23. The molecule has 0 fully saturated rings. The summed E-state index contributed by atoms with van der Waals surface area (Å²) in [4.78, 5) is 28.1. The highest BCUT2D eigenvalue weighted by Crippen LogP contribution is 2.37. The van der Waals surface area contributed by atoms with E-state index in [1.165, 1.54) is 49.4 Å². The van der Waals surface area contributed by atoms with Crippen molar-refractivity contribution in [3.63, 3.8) is 0 Å². The Morgan fingerprint density at radius 2 is 1.78 bits per heavy atom. The van der Waals surface area contributed by atoms with Gasteiger partial charge >= 0.3 is 12.2 Å². The van der Waals surface area contributed by atoms with Crippen LogP contribution in [-0.2, 0) is 0 Å². The van der Waals surface area contributed by atoms with Crippen LogP contribution >= 0.6 is 11.6 Å². The van der Waals surface area contributed by atoms with Crippen LogP contribution in [0.2, 0.25) is 5.02 Å². The van der Waals surface area contributed by atoms with Crippen LogP contribution in [0.15, 0.2) is 66.9 Å². The topological polar surface area (TPSA) is 80.3 Å². The zero-order valence-corrected chi connectivity index (χ0v) is 17.4. The maximum atomic E-state index is 13.5. The summed E-state index contributed by atoms with van der Waals surface area (Å²) in [6.07, 6.45) is -5.73. The average Bonchev–Trinajstić information content (AvgIpc) is 2.73. The molecule has 166 valence electrons. The van der Waals surface area contributed by atoms with E-state index in [1.54, 1.807) is 18.2 Å². The molecule has 1 aromatic heterocycles. The van der Waals surface area contributed by atoms with Gasteiger partial charge in [0.1, 0.15) is 0 Å². The summed E-state index contributed by atoms with van der Waals surface area (Å²) in [5.41, 5.74) is 0.538. The maximum Gasteiger partial charge on any atom is 0.429 e. The zero-order valence-electron chi connectivity index (χ0n) is 16.6. The molecule has 0 spiro atoms. The number of nitrogens with one attached hydrogen (secondary N) is 2. The molecule has 2 N–H and O–H groups in total. The van der Waals surface area contributed by atoms with E-state index in [0.717, 1.165) is 6.20 Å². The number of urea groups is 1. The van der Waals surface area contributed by atoms with Crippen LogP contribution in [0.4, 0.5) is 23.7 Å². The molecule has 0 aliphatic carbocycles. The molecule has 0 saturated carbocycles.